The fourth-order valence-corrected chi connectivity index (χ4v) is 4.70. The van der Waals surface area contributed by atoms with Gasteiger partial charge in [-0.15, -0.1) is 24.0 Å². The highest BCUT2D eigenvalue weighted by Gasteiger charge is 2.29. The van der Waals surface area contributed by atoms with E-state index >= 15 is 0 Å². The molecule has 160 valence electrons. The Morgan fingerprint density at radius 3 is 2.41 bits per heavy atom. The Bertz CT molecular complexity index is 894. The summed E-state index contributed by atoms with van der Waals surface area (Å²) in [4.78, 5) is 6.65. The van der Waals surface area contributed by atoms with Crippen molar-refractivity contribution in [1.29, 1.82) is 0 Å². The molecule has 1 aliphatic rings. The zero-order valence-corrected chi connectivity index (χ0v) is 19.8. The summed E-state index contributed by atoms with van der Waals surface area (Å²) in [5, 5.41) is 6.32. The molecule has 1 aromatic heterocycles. The molecule has 3 rings (SSSR count). The number of sulfonamides is 1. The largest absolute Gasteiger partial charge is 0.467 e. The summed E-state index contributed by atoms with van der Waals surface area (Å²) >= 11 is 0. The number of nitrogens with one attached hydrogen (secondary N) is 2. The van der Waals surface area contributed by atoms with Gasteiger partial charge in [0.1, 0.15) is 5.76 Å². The summed E-state index contributed by atoms with van der Waals surface area (Å²) in [5.74, 6) is 1.36. The van der Waals surface area contributed by atoms with Crippen LogP contribution in [0, 0.1) is 0 Å². The molecule has 1 saturated heterocycles. The van der Waals surface area contributed by atoms with Crippen LogP contribution in [0.4, 0.5) is 0 Å². The molecule has 0 unspecified atom stereocenters. The average Bonchev–Trinajstić information content (AvgIpc) is 3.22. The van der Waals surface area contributed by atoms with Crippen molar-refractivity contribution in [3.63, 3.8) is 0 Å². The van der Waals surface area contributed by atoms with Crippen LogP contribution in [0.2, 0.25) is 0 Å². The van der Waals surface area contributed by atoms with Crippen molar-refractivity contribution in [2.75, 3.05) is 40.3 Å². The van der Waals surface area contributed by atoms with Gasteiger partial charge in [-0.3, -0.25) is 4.99 Å². The molecule has 0 amide bonds. The molecule has 0 spiro atoms. The van der Waals surface area contributed by atoms with E-state index < -0.39 is 10.0 Å². The van der Waals surface area contributed by atoms with Crippen molar-refractivity contribution in [1.82, 2.24) is 19.8 Å². The molecule has 0 radical (unpaired) electrons. The third-order valence-electron chi connectivity index (χ3n) is 4.73. The normalized spacial score (nSPS) is 16.3. The monoisotopic (exact) mass is 533 g/mol. The number of rotatable bonds is 6. The third-order valence-corrected chi connectivity index (χ3v) is 6.73. The summed E-state index contributed by atoms with van der Waals surface area (Å²) in [6, 6.07) is 10.8. The third kappa shape index (κ3) is 6.17. The second kappa shape index (κ2) is 11.0. The van der Waals surface area contributed by atoms with E-state index in [1.54, 1.807) is 29.7 Å². The Hall–Kier alpha value is -1.63. The highest BCUT2D eigenvalue weighted by atomic mass is 127. The van der Waals surface area contributed by atoms with Gasteiger partial charge in [-0.25, -0.2) is 8.42 Å². The average molecular weight is 533 g/mol. The summed E-state index contributed by atoms with van der Waals surface area (Å²) in [6.07, 6.45) is 1.62. The van der Waals surface area contributed by atoms with E-state index in [4.69, 9.17) is 4.42 Å². The maximum Gasteiger partial charge on any atom is 0.243 e. The second-order valence-electron chi connectivity index (χ2n) is 6.67. The van der Waals surface area contributed by atoms with Crippen molar-refractivity contribution in [3.8, 4) is 0 Å². The van der Waals surface area contributed by atoms with Gasteiger partial charge in [0.2, 0.25) is 10.0 Å². The molecule has 29 heavy (non-hydrogen) atoms. The lowest BCUT2D eigenvalue weighted by molar-refractivity contribution is 0.222. The van der Waals surface area contributed by atoms with Crippen LogP contribution in [-0.4, -0.2) is 63.9 Å². The van der Waals surface area contributed by atoms with Gasteiger partial charge in [0.05, 0.1) is 17.7 Å². The number of likely N-dealkylation sites (N-methyl/N-ethyl adjacent to an activating group) is 1. The van der Waals surface area contributed by atoms with Crippen LogP contribution in [0.25, 0.3) is 0 Å². The topological polar surface area (TPSA) is 90.2 Å². The molecule has 0 bridgehead atoms. The molecule has 2 heterocycles. The molecule has 1 aromatic carbocycles. The van der Waals surface area contributed by atoms with Crippen LogP contribution >= 0.6 is 24.0 Å². The van der Waals surface area contributed by atoms with E-state index in [2.05, 4.69) is 20.5 Å². The predicted molar refractivity (Wildman–Crippen MR) is 124 cm³/mol. The van der Waals surface area contributed by atoms with Crippen molar-refractivity contribution in [3.05, 3.63) is 54.0 Å². The van der Waals surface area contributed by atoms with E-state index in [1.165, 1.54) is 0 Å². The Balaban J connectivity index is 0.00000300. The summed E-state index contributed by atoms with van der Waals surface area (Å²) in [5.41, 5.74) is 0.711. The van der Waals surface area contributed by atoms with Crippen LogP contribution in [0.1, 0.15) is 11.3 Å². The summed E-state index contributed by atoms with van der Waals surface area (Å²) < 4.78 is 33.1. The smallest absolute Gasteiger partial charge is 0.243 e. The SMILES string of the molecule is CN=C(NCc1ccco1)NCc1ccccc1S(=O)(=O)N1CCN(C)CC1.I. The molecular formula is C19H28IN5O3S. The first-order valence-electron chi connectivity index (χ1n) is 9.24. The van der Waals surface area contributed by atoms with Crippen molar-refractivity contribution >= 4 is 40.0 Å². The van der Waals surface area contributed by atoms with Gasteiger partial charge in [0, 0.05) is 39.8 Å². The fourth-order valence-electron chi connectivity index (χ4n) is 3.05. The van der Waals surface area contributed by atoms with Gasteiger partial charge in [-0.2, -0.15) is 4.31 Å². The Kier molecular flexibility index (Phi) is 8.93. The van der Waals surface area contributed by atoms with Crippen LogP contribution in [0.5, 0.6) is 0 Å². The van der Waals surface area contributed by atoms with Crippen molar-refractivity contribution in [2.45, 2.75) is 18.0 Å². The number of hydrogen-bond donors (Lipinski definition) is 2. The lowest BCUT2D eigenvalue weighted by atomic mass is 10.2. The molecule has 0 saturated carbocycles. The number of benzene rings is 1. The fraction of sp³-hybridized carbons (Fsp3) is 0.421. The molecule has 10 heteroatoms. The molecule has 2 N–H and O–H groups in total. The molecule has 2 aromatic rings. The Morgan fingerprint density at radius 2 is 1.76 bits per heavy atom. The van der Waals surface area contributed by atoms with Gasteiger partial charge >= 0.3 is 0 Å². The molecule has 0 atom stereocenters. The molecule has 1 aliphatic heterocycles. The molecule has 1 fully saturated rings. The van der Waals surface area contributed by atoms with Gasteiger partial charge in [-0.05, 0) is 30.8 Å². The lowest BCUT2D eigenvalue weighted by Crippen LogP contribution is -2.47. The van der Waals surface area contributed by atoms with E-state index in [0.29, 0.717) is 42.6 Å². The van der Waals surface area contributed by atoms with Gasteiger partial charge in [0.15, 0.2) is 5.96 Å². The quantitative estimate of drug-likeness (QED) is 0.334. The van der Waals surface area contributed by atoms with Crippen LogP contribution in [0.15, 0.2) is 57.0 Å². The zero-order chi connectivity index (χ0) is 20.0. The van der Waals surface area contributed by atoms with Crippen LogP contribution in [-0.2, 0) is 23.1 Å². The Morgan fingerprint density at radius 1 is 1.07 bits per heavy atom. The predicted octanol–water partition coefficient (Wildman–Crippen LogP) is 1.70. The first-order valence-corrected chi connectivity index (χ1v) is 10.7. The lowest BCUT2D eigenvalue weighted by Gasteiger charge is -2.32. The number of nitrogens with zero attached hydrogens (tertiary/aromatic N) is 3. The van der Waals surface area contributed by atoms with Crippen LogP contribution < -0.4 is 10.6 Å². The maximum atomic E-state index is 13.1. The minimum atomic E-state index is -3.53. The summed E-state index contributed by atoms with van der Waals surface area (Å²) in [7, 11) is 0.147. The number of hydrogen-bond acceptors (Lipinski definition) is 5. The highest BCUT2D eigenvalue weighted by molar-refractivity contribution is 14.0. The van der Waals surface area contributed by atoms with Gasteiger partial charge < -0.3 is 20.0 Å². The minimum absolute atomic E-state index is 0. The zero-order valence-electron chi connectivity index (χ0n) is 16.7. The number of guanidine groups is 1. The minimum Gasteiger partial charge on any atom is -0.467 e. The highest BCUT2D eigenvalue weighted by Crippen LogP contribution is 2.21. The second-order valence-corrected chi connectivity index (χ2v) is 8.58. The Labute approximate surface area is 189 Å². The van der Waals surface area contributed by atoms with Gasteiger partial charge in [0.25, 0.3) is 0 Å². The maximum absolute atomic E-state index is 13.1. The molecule has 8 nitrogen and oxygen atoms in total. The molecular weight excluding hydrogens is 505 g/mol. The van der Waals surface area contributed by atoms with E-state index in [0.717, 1.165) is 18.8 Å². The van der Waals surface area contributed by atoms with Crippen molar-refractivity contribution in [2.24, 2.45) is 4.99 Å². The van der Waals surface area contributed by atoms with Crippen molar-refractivity contribution < 1.29 is 12.8 Å². The van der Waals surface area contributed by atoms with E-state index in [1.807, 2.05) is 31.3 Å². The summed E-state index contributed by atoms with van der Waals surface area (Å²) in [6.45, 7) is 3.33. The van der Waals surface area contributed by atoms with Gasteiger partial charge in [-0.1, -0.05) is 18.2 Å². The number of halogens is 1. The number of furan rings is 1. The molecule has 0 aliphatic carbocycles. The number of aliphatic imine (C=N–C) groups is 1. The first-order chi connectivity index (χ1) is 13.5. The first kappa shape index (κ1) is 23.6. The van der Waals surface area contributed by atoms with E-state index in [-0.39, 0.29) is 24.0 Å². The van der Waals surface area contributed by atoms with E-state index in [9.17, 15) is 8.42 Å². The standard InChI is InChI=1S/C19H27N5O3S.HI/c1-20-19(22-15-17-7-5-13-27-17)21-14-16-6-3-4-8-18(16)28(25,26)24-11-9-23(2)10-12-24;/h3-8,13H,9-12,14-15H2,1-2H3,(H2,20,21,22);1H. The van der Waals surface area contributed by atoms with Crippen LogP contribution in [0.3, 0.4) is 0 Å². The number of piperazine rings is 1.